The second-order valence-electron chi connectivity index (χ2n) is 4.78. The number of benzene rings is 1. The van der Waals surface area contributed by atoms with Gasteiger partial charge in [0.25, 0.3) is 0 Å². The van der Waals surface area contributed by atoms with E-state index < -0.39 is 9.84 Å². The van der Waals surface area contributed by atoms with Crippen LogP contribution in [0.15, 0.2) is 18.2 Å². The molecule has 102 valence electrons. The summed E-state index contributed by atoms with van der Waals surface area (Å²) < 4.78 is 22.2. The number of hydrogen-bond acceptors (Lipinski definition) is 4. The van der Waals surface area contributed by atoms with Gasteiger partial charge in [-0.3, -0.25) is 11.3 Å². The molecule has 1 aromatic rings. The van der Waals surface area contributed by atoms with Crippen LogP contribution in [-0.4, -0.2) is 20.4 Å². The molecule has 0 aliphatic carbocycles. The molecule has 0 aliphatic rings. The largest absolute Gasteiger partial charge is 0.271 e. The van der Waals surface area contributed by atoms with Gasteiger partial charge in [0.05, 0.1) is 0 Å². The van der Waals surface area contributed by atoms with Crippen molar-refractivity contribution in [3.8, 4) is 0 Å². The standard InChI is InChI=1S/C13H22N2O2S/c1-10-6-4-7-12(11(10)2)13(15-14)8-5-9-18(3,16)17/h4,6-7,13,15H,5,8-9,14H2,1-3H3. The van der Waals surface area contributed by atoms with Crippen LogP contribution in [0.5, 0.6) is 0 Å². The third-order valence-corrected chi connectivity index (χ3v) is 4.26. The quantitative estimate of drug-likeness (QED) is 0.609. The van der Waals surface area contributed by atoms with E-state index in [9.17, 15) is 8.42 Å². The zero-order valence-corrected chi connectivity index (χ0v) is 12.0. The fraction of sp³-hybridized carbons (Fsp3) is 0.538. The molecular weight excluding hydrogens is 248 g/mol. The van der Waals surface area contributed by atoms with Crippen LogP contribution in [0.3, 0.4) is 0 Å². The zero-order valence-electron chi connectivity index (χ0n) is 11.2. The van der Waals surface area contributed by atoms with Crippen molar-refractivity contribution >= 4 is 9.84 Å². The molecule has 0 aliphatic heterocycles. The molecule has 0 radical (unpaired) electrons. The van der Waals surface area contributed by atoms with Gasteiger partial charge in [-0.1, -0.05) is 18.2 Å². The summed E-state index contributed by atoms with van der Waals surface area (Å²) >= 11 is 0. The average Bonchev–Trinajstić information content (AvgIpc) is 2.27. The molecular formula is C13H22N2O2S. The first-order valence-electron chi connectivity index (χ1n) is 6.05. The number of sulfone groups is 1. The Hall–Kier alpha value is -0.910. The molecule has 4 nitrogen and oxygen atoms in total. The Morgan fingerprint density at radius 2 is 2.00 bits per heavy atom. The molecule has 0 fully saturated rings. The summed E-state index contributed by atoms with van der Waals surface area (Å²) in [6.07, 6.45) is 2.59. The summed E-state index contributed by atoms with van der Waals surface area (Å²) in [6, 6.07) is 6.10. The number of hydrazine groups is 1. The molecule has 0 bridgehead atoms. The van der Waals surface area contributed by atoms with Crippen LogP contribution in [0.1, 0.15) is 35.6 Å². The molecule has 0 saturated carbocycles. The normalized spacial score (nSPS) is 13.6. The summed E-state index contributed by atoms with van der Waals surface area (Å²) in [5.74, 6) is 5.78. The lowest BCUT2D eigenvalue weighted by Gasteiger charge is -2.19. The topological polar surface area (TPSA) is 72.2 Å². The van der Waals surface area contributed by atoms with Crippen molar-refractivity contribution in [2.24, 2.45) is 5.84 Å². The maximum atomic E-state index is 11.1. The maximum Gasteiger partial charge on any atom is 0.147 e. The first-order chi connectivity index (χ1) is 8.35. The second kappa shape index (κ2) is 6.31. The summed E-state index contributed by atoms with van der Waals surface area (Å²) in [7, 11) is -2.90. The Morgan fingerprint density at radius 3 is 2.56 bits per heavy atom. The molecule has 18 heavy (non-hydrogen) atoms. The summed E-state index contributed by atoms with van der Waals surface area (Å²) in [4.78, 5) is 0. The Labute approximate surface area is 109 Å². The predicted octanol–water partition coefficient (Wildman–Crippen LogP) is 1.63. The van der Waals surface area contributed by atoms with E-state index in [1.807, 2.05) is 12.1 Å². The highest BCUT2D eigenvalue weighted by Gasteiger charge is 2.14. The van der Waals surface area contributed by atoms with E-state index in [2.05, 4.69) is 25.3 Å². The molecule has 0 heterocycles. The van der Waals surface area contributed by atoms with Crippen LogP contribution in [0.2, 0.25) is 0 Å². The van der Waals surface area contributed by atoms with E-state index in [0.29, 0.717) is 12.8 Å². The van der Waals surface area contributed by atoms with Crippen LogP contribution >= 0.6 is 0 Å². The monoisotopic (exact) mass is 270 g/mol. The smallest absolute Gasteiger partial charge is 0.147 e. The lowest BCUT2D eigenvalue weighted by atomic mass is 9.95. The highest BCUT2D eigenvalue weighted by Crippen LogP contribution is 2.23. The highest BCUT2D eigenvalue weighted by atomic mass is 32.2. The first-order valence-corrected chi connectivity index (χ1v) is 8.11. The van der Waals surface area contributed by atoms with Crippen molar-refractivity contribution in [3.63, 3.8) is 0 Å². The molecule has 1 unspecified atom stereocenters. The van der Waals surface area contributed by atoms with Gasteiger partial charge in [0.2, 0.25) is 0 Å². The predicted molar refractivity (Wildman–Crippen MR) is 74.9 cm³/mol. The number of rotatable bonds is 6. The van der Waals surface area contributed by atoms with Gasteiger partial charge in [-0.25, -0.2) is 8.42 Å². The Balaban J connectivity index is 2.75. The van der Waals surface area contributed by atoms with Gasteiger partial charge in [-0.15, -0.1) is 0 Å². The zero-order chi connectivity index (χ0) is 13.8. The van der Waals surface area contributed by atoms with Crippen molar-refractivity contribution in [1.29, 1.82) is 0 Å². The van der Waals surface area contributed by atoms with E-state index >= 15 is 0 Å². The van der Waals surface area contributed by atoms with E-state index in [-0.39, 0.29) is 11.8 Å². The molecule has 0 spiro atoms. The summed E-state index contributed by atoms with van der Waals surface area (Å²) in [6.45, 7) is 4.12. The molecule has 5 heteroatoms. The van der Waals surface area contributed by atoms with Gasteiger partial charge in [-0.05, 0) is 43.4 Å². The van der Waals surface area contributed by atoms with E-state index in [0.717, 1.165) is 5.56 Å². The Kier molecular flexibility index (Phi) is 5.31. The van der Waals surface area contributed by atoms with Gasteiger partial charge >= 0.3 is 0 Å². The number of aryl methyl sites for hydroxylation is 1. The van der Waals surface area contributed by atoms with E-state index in [1.165, 1.54) is 17.4 Å². The van der Waals surface area contributed by atoms with Crippen molar-refractivity contribution in [1.82, 2.24) is 5.43 Å². The molecule has 1 aromatic carbocycles. The maximum absolute atomic E-state index is 11.1. The molecule has 3 N–H and O–H groups in total. The third kappa shape index (κ3) is 4.40. The number of nitrogens with two attached hydrogens (primary N) is 1. The van der Waals surface area contributed by atoms with E-state index in [4.69, 9.17) is 5.84 Å². The van der Waals surface area contributed by atoms with Gasteiger partial charge in [-0.2, -0.15) is 0 Å². The average molecular weight is 270 g/mol. The fourth-order valence-electron chi connectivity index (χ4n) is 2.03. The van der Waals surface area contributed by atoms with Crippen LogP contribution in [-0.2, 0) is 9.84 Å². The minimum Gasteiger partial charge on any atom is -0.271 e. The van der Waals surface area contributed by atoms with Gasteiger partial charge in [0.15, 0.2) is 0 Å². The Morgan fingerprint density at radius 1 is 1.33 bits per heavy atom. The molecule has 1 rings (SSSR count). The van der Waals surface area contributed by atoms with Gasteiger partial charge < -0.3 is 0 Å². The van der Waals surface area contributed by atoms with Gasteiger partial charge in [0.1, 0.15) is 9.84 Å². The summed E-state index contributed by atoms with van der Waals surface area (Å²) in [5, 5.41) is 0. The second-order valence-corrected chi connectivity index (χ2v) is 7.04. The molecule has 0 saturated heterocycles. The highest BCUT2D eigenvalue weighted by molar-refractivity contribution is 7.90. The molecule has 0 aromatic heterocycles. The van der Waals surface area contributed by atoms with E-state index in [1.54, 1.807) is 0 Å². The molecule has 0 amide bonds. The van der Waals surface area contributed by atoms with Crippen LogP contribution in [0.4, 0.5) is 0 Å². The molecule has 1 atom stereocenters. The minimum absolute atomic E-state index is 0.00616. The fourth-order valence-corrected chi connectivity index (χ4v) is 2.72. The van der Waals surface area contributed by atoms with Crippen molar-refractivity contribution in [2.45, 2.75) is 32.7 Å². The van der Waals surface area contributed by atoms with Crippen LogP contribution in [0.25, 0.3) is 0 Å². The lowest BCUT2D eigenvalue weighted by Crippen LogP contribution is -2.29. The van der Waals surface area contributed by atoms with Gasteiger partial charge in [0, 0.05) is 18.1 Å². The minimum atomic E-state index is -2.90. The van der Waals surface area contributed by atoms with Crippen molar-refractivity contribution in [3.05, 3.63) is 34.9 Å². The number of hydrogen-bond donors (Lipinski definition) is 2. The van der Waals surface area contributed by atoms with Crippen LogP contribution < -0.4 is 11.3 Å². The Bertz CT molecular complexity index is 498. The van der Waals surface area contributed by atoms with Crippen molar-refractivity contribution < 1.29 is 8.42 Å². The van der Waals surface area contributed by atoms with Crippen molar-refractivity contribution in [2.75, 3.05) is 12.0 Å². The SMILES string of the molecule is Cc1cccc(C(CCCS(C)(=O)=O)NN)c1C. The lowest BCUT2D eigenvalue weighted by molar-refractivity contribution is 0.505. The number of nitrogens with one attached hydrogen (secondary N) is 1. The van der Waals surface area contributed by atoms with Crippen LogP contribution in [0, 0.1) is 13.8 Å². The first kappa shape index (κ1) is 15.1. The third-order valence-electron chi connectivity index (χ3n) is 3.23. The summed E-state index contributed by atoms with van der Waals surface area (Å²) in [5.41, 5.74) is 6.35.